The Balaban J connectivity index is 1.61. The Labute approximate surface area is 178 Å². The van der Waals surface area contributed by atoms with Crippen LogP contribution in [0.4, 0.5) is 5.69 Å². The van der Waals surface area contributed by atoms with Gasteiger partial charge >= 0.3 is 0 Å². The van der Waals surface area contributed by atoms with E-state index in [9.17, 15) is 4.79 Å². The lowest BCUT2D eigenvalue weighted by molar-refractivity contribution is 0.0787. The standard InChI is InChI=1S/C27H26N2O/c1-2-28-17-8-12-22-19-23(14-15-25(22)28)26-24-13-7-6-9-20(24)16-18-29(26)27(30)21-10-4-3-5-11-21/h3-7,9-11,13-16,18-19,26H,2,8,12,17H2,1H3. The minimum Gasteiger partial charge on any atom is -0.372 e. The van der Waals surface area contributed by atoms with E-state index in [0.29, 0.717) is 5.56 Å². The lowest BCUT2D eigenvalue weighted by Crippen LogP contribution is -2.34. The van der Waals surface area contributed by atoms with E-state index in [4.69, 9.17) is 0 Å². The average Bonchev–Trinajstić information content (AvgIpc) is 2.82. The number of fused-ring (bicyclic) bond motifs is 2. The molecule has 3 aromatic rings. The van der Waals surface area contributed by atoms with Crippen LogP contribution in [0.5, 0.6) is 0 Å². The molecule has 3 nitrogen and oxygen atoms in total. The van der Waals surface area contributed by atoms with Gasteiger partial charge < -0.3 is 9.80 Å². The van der Waals surface area contributed by atoms with Crippen molar-refractivity contribution >= 4 is 17.7 Å². The van der Waals surface area contributed by atoms with Crippen molar-refractivity contribution in [3.8, 4) is 0 Å². The normalized spacial score (nSPS) is 17.4. The van der Waals surface area contributed by atoms with Crippen LogP contribution in [0.2, 0.25) is 0 Å². The molecule has 3 heteroatoms. The molecule has 2 heterocycles. The van der Waals surface area contributed by atoms with Gasteiger partial charge in [-0.15, -0.1) is 0 Å². The van der Waals surface area contributed by atoms with Gasteiger partial charge in [-0.1, -0.05) is 54.6 Å². The Bertz CT molecular complexity index is 1100. The molecule has 1 amide bonds. The fraction of sp³-hybridized carbons (Fsp3) is 0.222. The second kappa shape index (κ2) is 7.83. The largest absolute Gasteiger partial charge is 0.372 e. The molecule has 0 N–H and O–H groups in total. The van der Waals surface area contributed by atoms with Crippen LogP contribution in [-0.2, 0) is 6.42 Å². The molecule has 0 saturated carbocycles. The summed E-state index contributed by atoms with van der Waals surface area (Å²) in [5, 5.41) is 0. The SMILES string of the molecule is CCN1CCCc2cc(C3c4ccccc4C=CN3C(=O)c3ccccc3)ccc21. The highest BCUT2D eigenvalue weighted by atomic mass is 16.2. The van der Waals surface area contributed by atoms with Gasteiger partial charge in [-0.3, -0.25) is 4.79 Å². The Morgan fingerprint density at radius 2 is 1.80 bits per heavy atom. The van der Waals surface area contributed by atoms with Gasteiger partial charge in [0.2, 0.25) is 0 Å². The van der Waals surface area contributed by atoms with Gasteiger partial charge in [-0.25, -0.2) is 0 Å². The molecule has 5 rings (SSSR count). The molecule has 0 saturated heterocycles. The van der Waals surface area contributed by atoms with Crippen LogP contribution in [0.15, 0.2) is 79.0 Å². The predicted octanol–water partition coefficient (Wildman–Crippen LogP) is 5.68. The molecule has 30 heavy (non-hydrogen) atoms. The van der Waals surface area contributed by atoms with Gasteiger partial charge in [0, 0.05) is 30.5 Å². The van der Waals surface area contributed by atoms with Crippen LogP contribution in [0.25, 0.3) is 6.08 Å². The number of rotatable bonds is 3. The van der Waals surface area contributed by atoms with Gasteiger partial charge in [0.1, 0.15) is 0 Å². The van der Waals surface area contributed by atoms with E-state index in [1.807, 2.05) is 47.5 Å². The molecule has 1 unspecified atom stereocenters. The third-order valence-electron chi connectivity index (χ3n) is 6.25. The van der Waals surface area contributed by atoms with E-state index in [-0.39, 0.29) is 11.9 Å². The third kappa shape index (κ3) is 3.21. The average molecular weight is 395 g/mol. The number of benzene rings is 3. The van der Waals surface area contributed by atoms with Gasteiger partial charge in [-0.05, 0) is 66.3 Å². The van der Waals surface area contributed by atoms with E-state index in [2.05, 4.69) is 54.3 Å². The maximum absolute atomic E-state index is 13.4. The summed E-state index contributed by atoms with van der Waals surface area (Å²) >= 11 is 0. The molecule has 0 aromatic heterocycles. The molecule has 2 aliphatic heterocycles. The molecule has 150 valence electrons. The summed E-state index contributed by atoms with van der Waals surface area (Å²) in [4.78, 5) is 17.8. The number of carbonyl (C=O) groups is 1. The predicted molar refractivity (Wildman–Crippen MR) is 123 cm³/mol. The Kier molecular flexibility index (Phi) is 4.88. The lowest BCUT2D eigenvalue weighted by atomic mass is 9.88. The van der Waals surface area contributed by atoms with Crippen molar-refractivity contribution in [3.05, 3.63) is 107 Å². The van der Waals surface area contributed by atoms with Crippen molar-refractivity contribution in [3.63, 3.8) is 0 Å². The van der Waals surface area contributed by atoms with Crippen LogP contribution in [-0.4, -0.2) is 23.9 Å². The molecular formula is C27H26N2O. The van der Waals surface area contributed by atoms with Crippen molar-refractivity contribution < 1.29 is 4.79 Å². The first-order valence-corrected chi connectivity index (χ1v) is 10.8. The van der Waals surface area contributed by atoms with Crippen LogP contribution in [0.3, 0.4) is 0 Å². The second-order valence-electron chi connectivity index (χ2n) is 8.00. The summed E-state index contributed by atoms with van der Waals surface area (Å²) in [6.45, 7) is 4.36. The monoisotopic (exact) mass is 394 g/mol. The minimum absolute atomic E-state index is 0.0271. The molecule has 0 bridgehead atoms. The fourth-order valence-corrected chi connectivity index (χ4v) is 4.76. The van der Waals surface area contributed by atoms with Crippen molar-refractivity contribution in [1.29, 1.82) is 0 Å². The summed E-state index contributed by atoms with van der Waals surface area (Å²) in [6, 6.07) is 24.6. The van der Waals surface area contributed by atoms with E-state index < -0.39 is 0 Å². The summed E-state index contributed by atoms with van der Waals surface area (Å²) in [7, 11) is 0. The Hall–Kier alpha value is -3.33. The highest BCUT2D eigenvalue weighted by Gasteiger charge is 2.31. The lowest BCUT2D eigenvalue weighted by Gasteiger charge is -2.36. The zero-order valence-corrected chi connectivity index (χ0v) is 17.3. The zero-order valence-electron chi connectivity index (χ0n) is 17.3. The molecule has 0 radical (unpaired) electrons. The molecule has 3 aromatic carbocycles. The van der Waals surface area contributed by atoms with Gasteiger partial charge in [0.25, 0.3) is 5.91 Å². The number of nitrogens with zero attached hydrogens (tertiary/aromatic N) is 2. The fourth-order valence-electron chi connectivity index (χ4n) is 4.76. The minimum atomic E-state index is -0.124. The summed E-state index contributed by atoms with van der Waals surface area (Å²) < 4.78 is 0. The van der Waals surface area contributed by atoms with Crippen molar-refractivity contribution in [2.75, 3.05) is 18.0 Å². The van der Waals surface area contributed by atoms with Gasteiger partial charge in [-0.2, -0.15) is 0 Å². The number of hydrogen-bond acceptors (Lipinski definition) is 2. The quantitative estimate of drug-likeness (QED) is 0.571. The highest BCUT2D eigenvalue weighted by molar-refractivity contribution is 5.96. The topological polar surface area (TPSA) is 23.6 Å². The third-order valence-corrected chi connectivity index (χ3v) is 6.25. The maximum atomic E-state index is 13.4. The molecule has 2 aliphatic rings. The first kappa shape index (κ1) is 18.7. The van der Waals surface area contributed by atoms with Crippen molar-refractivity contribution in [2.24, 2.45) is 0 Å². The number of carbonyl (C=O) groups excluding carboxylic acids is 1. The molecular weight excluding hydrogens is 368 g/mol. The number of amides is 1. The number of hydrogen-bond donors (Lipinski definition) is 0. The summed E-state index contributed by atoms with van der Waals surface area (Å²) in [5.41, 5.74) is 6.96. The van der Waals surface area contributed by atoms with Gasteiger partial charge in [0.15, 0.2) is 0 Å². The maximum Gasteiger partial charge on any atom is 0.258 e. The highest BCUT2D eigenvalue weighted by Crippen LogP contribution is 2.39. The van der Waals surface area contributed by atoms with Crippen LogP contribution in [0.1, 0.15) is 52.0 Å². The van der Waals surface area contributed by atoms with E-state index in [0.717, 1.165) is 19.5 Å². The first-order valence-electron chi connectivity index (χ1n) is 10.8. The van der Waals surface area contributed by atoms with E-state index in [1.165, 1.54) is 34.4 Å². The van der Waals surface area contributed by atoms with Crippen molar-refractivity contribution in [1.82, 2.24) is 4.90 Å². The molecule has 0 spiro atoms. The summed E-state index contributed by atoms with van der Waals surface area (Å²) in [6.07, 6.45) is 6.26. The first-order chi connectivity index (χ1) is 14.8. The zero-order chi connectivity index (χ0) is 20.5. The van der Waals surface area contributed by atoms with Gasteiger partial charge in [0.05, 0.1) is 6.04 Å². The van der Waals surface area contributed by atoms with Crippen molar-refractivity contribution in [2.45, 2.75) is 25.8 Å². The van der Waals surface area contributed by atoms with E-state index in [1.54, 1.807) is 0 Å². The van der Waals surface area contributed by atoms with Crippen LogP contribution < -0.4 is 4.90 Å². The molecule has 1 atom stereocenters. The number of anilines is 1. The smallest absolute Gasteiger partial charge is 0.258 e. The second-order valence-corrected chi connectivity index (χ2v) is 8.00. The number of aryl methyl sites for hydroxylation is 1. The van der Waals surface area contributed by atoms with Crippen LogP contribution >= 0.6 is 0 Å². The summed E-state index contributed by atoms with van der Waals surface area (Å²) in [5.74, 6) is 0.0271. The van der Waals surface area contributed by atoms with E-state index >= 15 is 0 Å². The Morgan fingerprint density at radius 3 is 2.63 bits per heavy atom. The molecule has 0 aliphatic carbocycles. The molecule has 0 fully saturated rings. The van der Waals surface area contributed by atoms with Crippen LogP contribution in [0, 0.1) is 0 Å². The Morgan fingerprint density at radius 1 is 1.00 bits per heavy atom.